The molecular weight excluding hydrogens is 417 g/mol. The van der Waals surface area contributed by atoms with Crippen LogP contribution < -0.4 is 4.72 Å². The number of hydrogen-bond donors (Lipinski definition) is 1. The van der Waals surface area contributed by atoms with Gasteiger partial charge in [-0.2, -0.15) is 13.2 Å². The molecule has 0 radical (unpaired) electrons. The average molecular weight is 430 g/mol. The van der Waals surface area contributed by atoms with Gasteiger partial charge in [-0.25, -0.2) is 20.8 Å². The third kappa shape index (κ3) is 4.04. The lowest BCUT2D eigenvalue weighted by molar-refractivity contribution is -0.137. The maximum Gasteiger partial charge on any atom is 0.416 e. The number of benzene rings is 2. The van der Waals surface area contributed by atoms with Gasteiger partial charge in [-0.15, -0.1) is 0 Å². The van der Waals surface area contributed by atoms with E-state index in [-0.39, 0.29) is 10.6 Å². The number of anilines is 1. The Morgan fingerprint density at radius 2 is 1.50 bits per heavy atom. The zero-order chi connectivity index (χ0) is 20.6. The number of hydrogen-bond acceptors (Lipinski definition) is 4. The molecule has 2 aromatic carbocycles. The minimum Gasteiger partial charge on any atom is -0.280 e. The van der Waals surface area contributed by atoms with E-state index < -0.39 is 36.7 Å². The van der Waals surface area contributed by atoms with E-state index in [2.05, 4.69) is 0 Å². The van der Waals surface area contributed by atoms with Crippen LogP contribution in [0.25, 0.3) is 0 Å². The summed E-state index contributed by atoms with van der Waals surface area (Å²) in [5.41, 5.74) is -1.31. The van der Waals surface area contributed by atoms with E-state index in [0.717, 1.165) is 40.6 Å². The first-order valence-corrected chi connectivity index (χ1v) is 10.6. The van der Waals surface area contributed by atoms with Crippen molar-refractivity contribution in [1.29, 1.82) is 0 Å². The Morgan fingerprint density at radius 3 is 2.14 bits per heavy atom. The van der Waals surface area contributed by atoms with Crippen LogP contribution in [0.4, 0.5) is 18.9 Å². The lowest BCUT2D eigenvalue weighted by Gasteiger charge is -2.10. The molecule has 148 valence electrons. The van der Waals surface area contributed by atoms with Crippen molar-refractivity contribution in [2.45, 2.75) is 16.0 Å². The van der Waals surface area contributed by atoms with E-state index >= 15 is 0 Å². The predicted octanol–water partition coefficient (Wildman–Crippen LogP) is 3.54. The predicted molar refractivity (Wildman–Crippen MR) is 95.7 cm³/mol. The Bertz CT molecular complexity index is 1200. The van der Waals surface area contributed by atoms with Crippen LogP contribution in [0.3, 0.4) is 0 Å². The second-order valence-electron chi connectivity index (χ2n) is 5.68. The summed E-state index contributed by atoms with van der Waals surface area (Å²) in [5.74, 6) is 0. The summed E-state index contributed by atoms with van der Waals surface area (Å²) < 4.78 is 91.0. The number of alkyl halides is 3. The van der Waals surface area contributed by atoms with Crippen LogP contribution in [-0.4, -0.2) is 20.8 Å². The van der Waals surface area contributed by atoms with Crippen LogP contribution >= 0.6 is 0 Å². The summed E-state index contributed by atoms with van der Waals surface area (Å²) in [7, 11) is -8.30. The van der Waals surface area contributed by atoms with E-state index in [1.165, 1.54) is 24.3 Å². The van der Waals surface area contributed by atoms with Gasteiger partial charge in [0.05, 0.1) is 10.5 Å². The summed E-state index contributed by atoms with van der Waals surface area (Å²) >= 11 is 0. The molecule has 0 aliphatic heterocycles. The molecular formula is C17H13F3N2O4S2. The van der Waals surface area contributed by atoms with Crippen LogP contribution in [0.15, 0.2) is 82.8 Å². The lowest BCUT2D eigenvalue weighted by atomic mass is 10.2. The van der Waals surface area contributed by atoms with Crippen LogP contribution in [0, 0.1) is 0 Å². The van der Waals surface area contributed by atoms with Crippen molar-refractivity contribution < 1.29 is 30.0 Å². The number of rotatable bonds is 5. The van der Waals surface area contributed by atoms with Crippen molar-refractivity contribution in [2.24, 2.45) is 0 Å². The second-order valence-corrected chi connectivity index (χ2v) is 9.20. The van der Waals surface area contributed by atoms with Crippen LogP contribution in [0.2, 0.25) is 0 Å². The molecule has 0 unspecified atom stereocenters. The average Bonchev–Trinajstić information content (AvgIpc) is 3.14. The Kier molecular flexibility index (Phi) is 4.98. The van der Waals surface area contributed by atoms with E-state index in [1.54, 1.807) is 6.07 Å². The fourth-order valence-corrected chi connectivity index (χ4v) is 4.69. The standard InChI is InChI=1S/C17H13F3N2O4S2/c18-17(19,20)13-5-4-6-14(11-13)21-27(23,24)16-9-10-22(12-16)28(25,26)15-7-2-1-3-8-15/h1-12,21H. The summed E-state index contributed by atoms with van der Waals surface area (Å²) in [6, 6.07) is 12.1. The molecule has 0 amide bonds. The van der Waals surface area contributed by atoms with Crippen molar-refractivity contribution in [3.05, 3.63) is 78.6 Å². The zero-order valence-corrected chi connectivity index (χ0v) is 15.6. The first kappa shape index (κ1) is 20.0. The number of nitrogens with zero attached hydrogens (tertiary/aromatic N) is 1. The van der Waals surface area contributed by atoms with E-state index in [4.69, 9.17) is 0 Å². The van der Waals surface area contributed by atoms with Crippen molar-refractivity contribution in [2.75, 3.05) is 4.72 Å². The van der Waals surface area contributed by atoms with Crippen molar-refractivity contribution in [1.82, 2.24) is 3.97 Å². The van der Waals surface area contributed by atoms with Crippen molar-refractivity contribution >= 4 is 25.7 Å². The van der Waals surface area contributed by atoms with Crippen LogP contribution in [0.5, 0.6) is 0 Å². The third-order valence-electron chi connectivity index (χ3n) is 3.71. The minimum atomic E-state index is -4.63. The highest BCUT2D eigenvalue weighted by atomic mass is 32.2. The molecule has 3 rings (SSSR count). The molecule has 0 aliphatic rings. The molecule has 0 saturated heterocycles. The van der Waals surface area contributed by atoms with Gasteiger partial charge < -0.3 is 0 Å². The van der Waals surface area contributed by atoms with E-state index in [9.17, 15) is 30.0 Å². The largest absolute Gasteiger partial charge is 0.416 e. The van der Waals surface area contributed by atoms with Crippen molar-refractivity contribution in [3.8, 4) is 0 Å². The minimum absolute atomic E-state index is 0.0413. The van der Waals surface area contributed by atoms with Gasteiger partial charge in [-0.1, -0.05) is 24.3 Å². The summed E-state index contributed by atoms with van der Waals surface area (Å²) in [4.78, 5) is -0.454. The molecule has 1 N–H and O–H groups in total. The molecule has 1 heterocycles. The van der Waals surface area contributed by atoms with Gasteiger partial charge in [-0.3, -0.25) is 4.72 Å². The number of nitrogens with one attached hydrogen (secondary N) is 1. The molecule has 0 spiro atoms. The zero-order valence-electron chi connectivity index (χ0n) is 14.0. The number of halogens is 3. The molecule has 0 atom stereocenters. The van der Waals surface area contributed by atoms with Crippen LogP contribution in [0.1, 0.15) is 5.56 Å². The molecule has 11 heteroatoms. The topological polar surface area (TPSA) is 85.2 Å². The van der Waals surface area contributed by atoms with E-state index in [1.807, 2.05) is 4.72 Å². The fourth-order valence-electron chi connectivity index (χ4n) is 2.35. The fraction of sp³-hybridized carbons (Fsp3) is 0.0588. The molecule has 1 aromatic heterocycles. The molecule has 0 bridgehead atoms. The molecule has 0 aliphatic carbocycles. The number of aromatic nitrogens is 1. The Hall–Kier alpha value is -2.79. The lowest BCUT2D eigenvalue weighted by Crippen LogP contribution is -2.14. The Balaban J connectivity index is 1.91. The SMILES string of the molecule is O=S(=O)(Nc1cccc(C(F)(F)F)c1)c1ccn(S(=O)(=O)c2ccccc2)c1. The van der Waals surface area contributed by atoms with Crippen molar-refractivity contribution in [3.63, 3.8) is 0 Å². The smallest absolute Gasteiger partial charge is 0.280 e. The normalized spacial score (nSPS) is 12.7. The molecule has 0 saturated carbocycles. The summed E-state index contributed by atoms with van der Waals surface area (Å²) in [6.45, 7) is 0. The van der Waals surface area contributed by atoms with Crippen LogP contribution in [-0.2, 0) is 26.2 Å². The van der Waals surface area contributed by atoms with Gasteiger partial charge in [0.25, 0.3) is 20.0 Å². The Morgan fingerprint density at radius 1 is 0.821 bits per heavy atom. The molecule has 0 fully saturated rings. The quantitative estimate of drug-likeness (QED) is 0.671. The highest BCUT2D eigenvalue weighted by Crippen LogP contribution is 2.31. The second kappa shape index (κ2) is 6.99. The molecule has 6 nitrogen and oxygen atoms in total. The summed E-state index contributed by atoms with van der Waals surface area (Å²) in [6.07, 6.45) is -2.71. The van der Waals surface area contributed by atoms with E-state index in [0.29, 0.717) is 6.07 Å². The highest BCUT2D eigenvalue weighted by Gasteiger charge is 2.31. The van der Waals surface area contributed by atoms with Gasteiger partial charge in [0, 0.05) is 18.1 Å². The monoisotopic (exact) mass is 430 g/mol. The van der Waals surface area contributed by atoms with Gasteiger partial charge in [-0.05, 0) is 36.4 Å². The molecule has 3 aromatic rings. The summed E-state index contributed by atoms with van der Waals surface area (Å²) in [5, 5.41) is 0. The first-order chi connectivity index (χ1) is 13.0. The third-order valence-corrected chi connectivity index (χ3v) is 6.73. The van der Waals surface area contributed by atoms with Gasteiger partial charge in [0.1, 0.15) is 4.90 Å². The maximum absolute atomic E-state index is 12.8. The highest BCUT2D eigenvalue weighted by molar-refractivity contribution is 7.93. The number of sulfonamides is 1. The maximum atomic E-state index is 12.8. The first-order valence-electron chi connectivity index (χ1n) is 7.69. The van der Waals surface area contributed by atoms with Gasteiger partial charge in [0.2, 0.25) is 0 Å². The Labute approximate surface area is 159 Å². The molecule has 28 heavy (non-hydrogen) atoms. The van der Waals surface area contributed by atoms with Gasteiger partial charge >= 0.3 is 6.18 Å². The van der Waals surface area contributed by atoms with Gasteiger partial charge in [0.15, 0.2) is 0 Å².